The molecule has 41 heavy (non-hydrogen) atoms. The molecule has 0 unspecified atom stereocenters. The Morgan fingerprint density at radius 2 is 1.29 bits per heavy atom. The van der Waals surface area contributed by atoms with Crippen LogP contribution in [0.4, 0.5) is 0 Å². The zero-order chi connectivity index (χ0) is 28.5. The summed E-state index contributed by atoms with van der Waals surface area (Å²) in [7, 11) is 0. The molecule has 5 heteroatoms. The second kappa shape index (κ2) is 13.5. The zero-order valence-electron chi connectivity index (χ0n) is 23.3. The highest BCUT2D eigenvalue weighted by Crippen LogP contribution is 2.41. The average Bonchev–Trinajstić information content (AvgIpc) is 3.02. The van der Waals surface area contributed by atoms with Gasteiger partial charge in [-0.2, -0.15) is 0 Å². The molecule has 0 bridgehead atoms. The van der Waals surface area contributed by atoms with Crippen molar-refractivity contribution in [2.24, 2.45) is 5.92 Å². The predicted molar refractivity (Wildman–Crippen MR) is 161 cm³/mol. The van der Waals surface area contributed by atoms with Gasteiger partial charge in [0.1, 0.15) is 11.4 Å². The van der Waals surface area contributed by atoms with Crippen LogP contribution in [0, 0.1) is 5.92 Å². The number of hydrogen-bond acceptors (Lipinski definition) is 5. The molecule has 4 aromatic carbocycles. The van der Waals surface area contributed by atoms with E-state index >= 15 is 0 Å². The van der Waals surface area contributed by atoms with Gasteiger partial charge < -0.3 is 14.7 Å². The van der Waals surface area contributed by atoms with E-state index < -0.39 is 5.60 Å². The van der Waals surface area contributed by atoms with Crippen LogP contribution in [-0.4, -0.2) is 41.4 Å². The topological polar surface area (TPSA) is 66.8 Å². The number of aliphatic hydroxyl groups is 1. The molecule has 1 saturated heterocycles. The summed E-state index contributed by atoms with van der Waals surface area (Å²) in [6.45, 7) is 2.64. The van der Waals surface area contributed by atoms with Crippen molar-refractivity contribution >= 4 is 11.8 Å². The van der Waals surface area contributed by atoms with Crippen LogP contribution >= 0.6 is 0 Å². The van der Waals surface area contributed by atoms with Crippen molar-refractivity contribution < 1.29 is 19.4 Å². The van der Waals surface area contributed by atoms with Gasteiger partial charge in [0, 0.05) is 12.0 Å². The molecule has 5 rings (SSSR count). The Labute approximate surface area is 242 Å². The van der Waals surface area contributed by atoms with E-state index in [9.17, 15) is 14.7 Å². The molecule has 1 aliphatic heterocycles. The van der Waals surface area contributed by atoms with Crippen LogP contribution in [0.2, 0.25) is 0 Å². The number of nitrogens with zero attached hydrogens (tertiary/aromatic N) is 1. The Bertz CT molecular complexity index is 1360. The Morgan fingerprint density at radius 1 is 0.756 bits per heavy atom. The standard InChI is InChI=1S/C36H37NO4/c38-34(29-18-20-33(21-19-29)41-35(39)27-28-11-4-1-5-12-28)17-10-24-37-25-22-32(23-26-37)36(40,30-13-6-2-7-14-30)31-15-8-3-9-16-31/h1-9,11-16,18-21,32,40H,10,17,22-27H2. The van der Waals surface area contributed by atoms with Crippen LogP contribution in [0.5, 0.6) is 5.75 Å². The molecule has 0 amide bonds. The maximum atomic E-state index is 12.8. The number of carbonyl (C=O) groups excluding carboxylic acids is 2. The maximum Gasteiger partial charge on any atom is 0.315 e. The van der Waals surface area contributed by atoms with Crippen LogP contribution < -0.4 is 4.74 Å². The largest absolute Gasteiger partial charge is 0.426 e. The molecule has 1 aliphatic rings. The molecule has 1 fully saturated rings. The lowest BCUT2D eigenvalue weighted by atomic mass is 9.72. The van der Waals surface area contributed by atoms with E-state index in [-0.39, 0.29) is 24.1 Å². The first-order chi connectivity index (χ1) is 20.0. The summed E-state index contributed by atoms with van der Waals surface area (Å²) >= 11 is 0. The maximum absolute atomic E-state index is 12.8. The molecule has 0 saturated carbocycles. The van der Waals surface area contributed by atoms with Gasteiger partial charge >= 0.3 is 5.97 Å². The van der Waals surface area contributed by atoms with Gasteiger partial charge in [0.15, 0.2) is 5.78 Å². The highest BCUT2D eigenvalue weighted by molar-refractivity contribution is 5.96. The molecule has 210 valence electrons. The number of piperidine rings is 1. The highest BCUT2D eigenvalue weighted by atomic mass is 16.5. The van der Waals surface area contributed by atoms with E-state index in [1.807, 2.05) is 91.0 Å². The fraction of sp³-hybridized carbons (Fsp3) is 0.278. The minimum atomic E-state index is -1.02. The number of ketones is 1. The van der Waals surface area contributed by atoms with Gasteiger partial charge in [0.05, 0.1) is 6.42 Å². The number of hydrogen-bond donors (Lipinski definition) is 1. The molecule has 0 radical (unpaired) electrons. The first kappa shape index (κ1) is 28.5. The summed E-state index contributed by atoms with van der Waals surface area (Å²) in [4.78, 5) is 27.4. The van der Waals surface area contributed by atoms with Crippen molar-refractivity contribution in [3.63, 3.8) is 0 Å². The van der Waals surface area contributed by atoms with E-state index in [0.29, 0.717) is 17.7 Å². The van der Waals surface area contributed by atoms with Crippen molar-refractivity contribution in [3.8, 4) is 5.75 Å². The minimum absolute atomic E-state index is 0.0876. The second-order valence-electron chi connectivity index (χ2n) is 10.8. The van der Waals surface area contributed by atoms with Crippen LogP contribution in [0.3, 0.4) is 0 Å². The average molecular weight is 548 g/mol. The summed E-state index contributed by atoms with van der Waals surface area (Å²) in [5, 5.41) is 12.1. The van der Waals surface area contributed by atoms with Crippen molar-refractivity contribution in [2.45, 2.75) is 37.7 Å². The van der Waals surface area contributed by atoms with Gasteiger partial charge in [0.25, 0.3) is 0 Å². The van der Waals surface area contributed by atoms with E-state index in [4.69, 9.17) is 4.74 Å². The molecule has 0 aromatic heterocycles. The van der Waals surface area contributed by atoms with Crippen LogP contribution in [0.1, 0.15) is 52.7 Å². The normalized spacial score (nSPS) is 14.5. The minimum Gasteiger partial charge on any atom is -0.426 e. The predicted octanol–water partition coefficient (Wildman–Crippen LogP) is 6.45. The molecular weight excluding hydrogens is 510 g/mol. The number of benzene rings is 4. The summed E-state index contributed by atoms with van der Waals surface area (Å²) in [6, 6.07) is 36.3. The number of carbonyl (C=O) groups is 2. The molecule has 4 aromatic rings. The van der Waals surface area contributed by atoms with Crippen molar-refractivity contribution in [2.75, 3.05) is 19.6 Å². The number of esters is 1. The number of Topliss-reactive ketones (excluding diaryl/α,β-unsaturated/α-hetero) is 1. The monoisotopic (exact) mass is 547 g/mol. The lowest BCUT2D eigenvalue weighted by molar-refractivity contribution is -0.133. The molecule has 0 spiro atoms. The first-order valence-electron chi connectivity index (χ1n) is 14.5. The molecule has 0 atom stereocenters. The van der Waals surface area contributed by atoms with Crippen molar-refractivity contribution in [3.05, 3.63) is 138 Å². The van der Waals surface area contributed by atoms with Gasteiger partial charge in [-0.25, -0.2) is 0 Å². The van der Waals surface area contributed by atoms with Gasteiger partial charge in [-0.15, -0.1) is 0 Å². The number of likely N-dealkylation sites (tertiary alicyclic amines) is 1. The third kappa shape index (κ3) is 7.18. The summed E-state index contributed by atoms with van der Waals surface area (Å²) in [5.74, 6) is 0.316. The fourth-order valence-electron chi connectivity index (χ4n) is 5.84. The van der Waals surface area contributed by atoms with Crippen LogP contribution in [0.15, 0.2) is 115 Å². The molecule has 0 aliphatic carbocycles. The lowest BCUT2D eigenvalue weighted by Crippen LogP contribution is -2.44. The third-order valence-corrected chi connectivity index (χ3v) is 8.08. The fourth-order valence-corrected chi connectivity index (χ4v) is 5.84. The summed E-state index contributed by atoms with van der Waals surface area (Å²) in [6.07, 6.45) is 3.22. The van der Waals surface area contributed by atoms with E-state index in [1.165, 1.54) is 0 Å². The van der Waals surface area contributed by atoms with Gasteiger partial charge in [-0.3, -0.25) is 9.59 Å². The Hall–Kier alpha value is -4.06. The quantitative estimate of drug-likeness (QED) is 0.133. The second-order valence-corrected chi connectivity index (χ2v) is 10.8. The number of rotatable bonds is 11. The lowest BCUT2D eigenvalue weighted by Gasteiger charge is -2.42. The Morgan fingerprint density at radius 3 is 1.85 bits per heavy atom. The molecule has 5 nitrogen and oxygen atoms in total. The van der Waals surface area contributed by atoms with Crippen molar-refractivity contribution in [1.29, 1.82) is 0 Å². The Kier molecular flexibility index (Phi) is 9.40. The SMILES string of the molecule is O=C(Cc1ccccc1)Oc1ccc(C(=O)CCCN2CCC(C(O)(c3ccccc3)c3ccccc3)CC2)cc1. The summed E-state index contributed by atoms with van der Waals surface area (Å²) in [5.41, 5.74) is 2.38. The first-order valence-corrected chi connectivity index (χ1v) is 14.5. The van der Waals surface area contributed by atoms with Gasteiger partial charge in [-0.1, -0.05) is 91.0 Å². The highest BCUT2D eigenvalue weighted by Gasteiger charge is 2.41. The Balaban J connectivity index is 1.09. The van der Waals surface area contributed by atoms with Crippen LogP contribution in [0.25, 0.3) is 0 Å². The zero-order valence-corrected chi connectivity index (χ0v) is 23.3. The molecular formula is C36H37NO4. The number of ether oxygens (including phenoxy) is 1. The third-order valence-electron chi connectivity index (χ3n) is 8.08. The summed E-state index contributed by atoms with van der Waals surface area (Å²) < 4.78 is 5.43. The smallest absolute Gasteiger partial charge is 0.315 e. The van der Waals surface area contributed by atoms with Gasteiger partial charge in [-0.05, 0) is 85.8 Å². The molecule has 1 heterocycles. The van der Waals surface area contributed by atoms with E-state index in [2.05, 4.69) is 4.90 Å². The van der Waals surface area contributed by atoms with Crippen molar-refractivity contribution in [1.82, 2.24) is 4.90 Å². The van der Waals surface area contributed by atoms with E-state index in [0.717, 1.165) is 55.6 Å². The van der Waals surface area contributed by atoms with Gasteiger partial charge in [0.2, 0.25) is 0 Å². The van der Waals surface area contributed by atoms with E-state index in [1.54, 1.807) is 24.3 Å². The van der Waals surface area contributed by atoms with Crippen LogP contribution in [-0.2, 0) is 16.8 Å². The molecule has 1 N–H and O–H groups in total.